The molecule has 1 heterocycles. The number of nitrogens with one attached hydrogen (secondary N) is 1. The Morgan fingerprint density at radius 2 is 2.27 bits per heavy atom. The van der Waals surface area contributed by atoms with E-state index in [9.17, 15) is 9.18 Å². The van der Waals surface area contributed by atoms with Gasteiger partial charge in [-0.1, -0.05) is 18.5 Å². The minimum absolute atomic E-state index is 0. The summed E-state index contributed by atoms with van der Waals surface area (Å²) in [4.78, 5) is 14.3. The molecule has 2 unspecified atom stereocenters. The molecule has 0 aliphatic carbocycles. The summed E-state index contributed by atoms with van der Waals surface area (Å²) in [7, 11) is 0. The van der Waals surface area contributed by atoms with E-state index in [2.05, 4.69) is 17.1 Å². The van der Waals surface area contributed by atoms with E-state index in [1.165, 1.54) is 18.2 Å². The molecule has 0 aromatic heterocycles. The summed E-state index contributed by atoms with van der Waals surface area (Å²) in [5.74, 6) is -0.0898. The number of hydrogen-bond donors (Lipinski definition) is 2. The maximum absolute atomic E-state index is 13.0. The third kappa shape index (κ3) is 4.81. The first-order valence-electron chi connectivity index (χ1n) is 7.20. The number of benzene rings is 1. The van der Waals surface area contributed by atoms with Crippen LogP contribution in [0.5, 0.6) is 0 Å². The highest BCUT2D eigenvalue weighted by Crippen LogP contribution is 2.24. The quantitative estimate of drug-likeness (QED) is 0.878. The lowest BCUT2D eigenvalue weighted by Gasteiger charge is -2.38. The maximum Gasteiger partial charge on any atom is 0.238 e. The average molecular weight is 350 g/mol. The first kappa shape index (κ1) is 19.2. The van der Waals surface area contributed by atoms with Crippen LogP contribution >= 0.6 is 24.0 Å². The Morgan fingerprint density at radius 3 is 2.91 bits per heavy atom. The number of amides is 1. The summed E-state index contributed by atoms with van der Waals surface area (Å²) >= 11 is 5.91. The monoisotopic (exact) mass is 349 g/mol. The molecule has 0 saturated carbocycles. The molecule has 1 aromatic rings. The highest BCUT2D eigenvalue weighted by Gasteiger charge is 2.28. The second kappa shape index (κ2) is 8.67. The van der Waals surface area contributed by atoms with Gasteiger partial charge in [0.2, 0.25) is 5.91 Å². The lowest BCUT2D eigenvalue weighted by atomic mass is 9.91. The van der Waals surface area contributed by atoms with Crippen molar-refractivity contribution in [2.45, 2.75) is 25.8 Å². The van der Waals surface area contributed by atoms with Crippen molar-refractivity contribution in [2.24, 2.45) is 11.7 Å². The van der Waals surface area contributed by atoms with Gasteiger partial charge in [0.1, 0.15) is 5.82 Å². The fourth-order valence-electron chi connectivity index (χ4n) is 2.88. The molecule has 1 aliphatic rings. The molecular formula is C15H22Cl2FN3O. The van der Waals surface area contributed by atoms with Gasteiger partial charge in [-0.25, -0.2) is 4.39 Å². The smallest absolute Gasteiger partial charge is 0.238 e. The van der Waals surface area contributed by atoms with E-state index >= 15 is 0 Å². The molecule has 1 aliphatic heterocycles. The van der Waals surface area contributed by atoms with Gasteiger partial charge in [0.15, 0.2) is 0 Å². The standard InChI is InChI=1S/C15H21ClFN3O.ClH/c1-10-3-2-6-20(14(10)8-18)9-15(21)19-13-5-4-11(17)7-12(13)16;/h4-5,7,10,14H,2-3,6,8-9,18H2,1H3,(H,19,21);1H. The van der Waals surface area contributed by atoms with Crippen LogP contribution in [0, 0.1) is 11.7 Å². The largest absolute Gasteiger partial charge is 0.329 e. The normalized spacial score (nSPS) is 22.0. The number of nitrogens with two attached hydrogens (primary N) is 1. The topological polar surface area (TPSA) is 58.4 Å². The second-order valence-electron chi connectivity index (χ2n) is 5.57. The van der Waals surface area contributed by atoms with Crippen molar-refractivity contribution in [2.75, 3.05) is 25.0 Å². The summed E-state index contributed by atoms with van der Waals surface area (Å²) in [5.41, 5.74) is 6.25. The lowest BCUT2D eigenvalue weighted by Crippen LogP contribution is -2.51. The van der Waals surface area contributed by atoms with Crippen LogP contribution in [0.2, 0.25) is 5.02 Å². The number of nitrogens with zero attached hydrogens (tertiary/aromatic N) is 1. The molecule has 1 amide bonds. The highest BCUT2D eigenvalue weighted by atomic mass is 35.5. The van der Waals surface area contributed by atoms with Crippen molar-refractivity contribution in [1.29, 1.82) is 0 Å². The van der Waals surface area contributed by atoms with Gasteiger partial charge in [-0.05, 0) is 43.5 Å². The molecule has 4 nitrogen and oxygen atoms in total. The van der Waals surface area contributed by atoms with Gasteiger partial charge in [-0.3, -0.25) is 9.69 Å². The number of piperidine rings is 1. The fourth-order valence-corrected chi connectivity index (χ4v) is 3.09. The van der Waals surface area contributed by atoms with Crippen molar-refractivity contribution >= 4 is 35.6 Å². The Labute approximate surface area is 141 Å². The molecular weight excluding hydrogens is 328 g/mol. The van der Waals surface area contributed by atoms with Crippen LogP contribution in [0.1, 0.15) is 19.8 Å². The Bertz CT molecular complexity index is 516. The van der Waals surface area contributed by atoms with E-state index in [1.54, 1.807) is 0 Å². The molecule has 124 valence electrons. The number of carbonyl (C=O) groups is 1. The number of likely N-dealkylation sites (tertiary alicyclic amines) is 1. The molecule has 1 fully saturated rings. The third-order valence-corrected chi connectivity index (χ3v) is 4.34. The van der Waals surface area contributed by atoms with E-state index < -0.39 is 5.82 Å². The zero-order valence-corrected chi connectivity index (χ0v) is 14.1. The van der Waals surface area contributed by atoms with E-state index in [4.69, 9.17) is 17.3 Å². The summed E-state index contributed by atoms with van der Waals surface area (Å²) in [5, 5.41) is 2.92. The molecule has 3 N–H and O–H groups in total. The first-order valence-corrected chi connectivity index (χ1v) is 7.58. The van der Waals surface area contributed by atoms with E-state index in [-0.39, 0.29) is 35.9 Å². The van der Waals surface area contributed by atoms with Gasteiger partial charge >= 0.3 is 0 Å². The van der Waals surface area contributed by atoms with Crippen molar-refractivity contribution in [3.05, 3.63) is 29.0 Å². The van der Waals surface area contributed by atoms with Gasteiger partial charge in [0, 0.05) is 12.6 Å². The van der Waals surface area contributed by atoms with Crippen molar-refractivity contribution < 1.29 is 9.18 Å². The summed E-state index contributed by atoms with van der Waals surface area (Å²) < 4.78 is 13.0. The number of rotatable bonds is 4. The molecule has 1 saturated heterocycles. The second-order valence-corrected chi connectivity index (χ2v) is 5.97. The summed E-state index contributed by atoms with van der Waals surface area (Å²) in [6.07, 6.45) is 2.21. The van der Waals surface area contributed by atoms with Crippen molar-refractivity contribution in [3.8, 4) is 0 Å². The molecule has 2 rings (SSSR count). The minimum Gasteiger partial charge on any atom is -0.329 e. The van der Waals surface area contributed by atoms with Gasteiger partial charge in [-0.2, -0.15) is 0 Å². The number of halogens is 3. The zero-order chi connectivity index (χ0) is 15.4. The Hall–Kier alpha value is -0.880. The maximum atomic E-state index is 13.0. The van der Waals surface area contributed by atoms with Gasteiger partial charge in [0.05, 0.1) is 17.3 Å². The number of hydrogen-bond acceptors (Lipinski definition) is 3. The Balaban J connectivity index is 0.00000242. The van der Waals surface area contributed by atoms with Crippen LogP contribution in [-0.4, -0.2) is 36.5 Å². The van der Waals surface area contributed by atoms with Crippen LogP contribution in [0.25, 0.3) is 0 Å². The Kier molecular flexibility index (Phi) is 7.56. The number of carbonyl (C=O) groups excluding carboxylic acids is 1. The van der Waals surface area contributed by atoms with Crippen LogP contribution < -0.4 is 11.1 Å². The third-order valence-electron chi connectivity index (χ3n) is 4.02. The van der Waals surface area contributed by atoms with Crippen LogP contribution in [-0.2, 0) is 4.79 Å². The highest BCUT2D eigenvalue weighted by molar-refractivity contribution is 6.33. The number of anilines is 1. The molecule has 2 atom stereocenters. The molecule has 1 aromatic carbocycles. The molecule has 7 heteroatoms. The summed E-state index contributed by atoms with van der Waals surface area (Å²) in [6, 6.07) is 4.15. The van der Waals surface area contributed by atoms with Gasteiger partial charge in [0.25, 0.3) is 0 Å². The molecule has 22 heavy (non-hydrogen) atoms. The SMILES string of the molecule is CC1CCCN(CC(=O)Nc2ccc(F)cc2Cl)C1CN.Cl. The average Bonchev–Trinajstić information content (AvgIpc) is 2.42. The van der Waals surface area contributed by atoms with Gasteiger partial charge < -0.3 is 11.1 Å². The molecule has 0 spiro atoms. The van der Waals surface area contributed by atoms with E-state index in [0.717, 1.165) is 19.4 Å². The first-order chi connectivity index (χ1) is 10.0. The van der Waals surface area contributed by atoms with Gasteiger partial charge in [-0.15, -0.1) is 12.4 Å². The predicted octanol–water partition coefficient (Wildman–Crippen LogP) is 2.90. The van der Waals surface area contributed by atoms with Crippen molar-refractivity contribution in [1.82, 2.24) is 4.90 Å². The zero-order valence-electron chi connectivity index (χ0n) is 12.5. The molecule has 0 radical (unpaired) electrons. The van der Waals surface area contributed by atoms with Crippen LogP contribution in [0.3, 0.4) is 0 Å². The van der Waals surface area contributed by atoms with E-state index in [1.807, 2.05) is 0 Å². The molecule has 0 bridgehead atoms. The summed E-state index contributed by atoms with van der Waals surface area (Å²) in [6.45, 7) is 3.86. The lowest BCUT2D eigenvalue weighted by molar-refractivity contribution is -0.118. The Morgan fingerprint density at radius 1 is 1.55 bits per heavy atom. The fraction of sp³-hybridized carbons (Fsp3) is 0.533. The van der Waals surface area contributed by atoms with Crippen LogP contribution in [0.4, 0.5) is 10.1 Å². The van der Waals surface area contributed by atoms with Crippen LogP contribution in [0.15, 0.2) is 18.2 Å². The predicted molar refractivity (Wildman–Crippen MR) is 90.1 cm³/mol. The van der Waals surface area contributed by atoms with Crippen molar-refractivity contribution in [3.63, 3.8) is 0 Å². The van der Waals surface area contributed by atoms with E-state index in [0.29, 0.717) is 18.2 Å². The minimum atomic E-state index is -0.425.